The Hall–Kier alpha value is -0.0600. The molecule has 0 heterocycles. The molecule has 0 spiro atoms. The van der Waals surface area contributed by atoms with E-state index in [1.165, 1.54) is 11.8 Å². The number of rotatable bonds is 6. The molecule has 4 heteroatoms. The van der Waals surface area contributed by atoms with Crippen LogP contribution >= 0.6 is 11.8 Å². The Bertz CT molecular complexity index is 125. The maximum atomic E-state index is 11.0. The van der Waals surface area contributed by atoms with Crippen molar-refractivity contribution in [1.29, 1.82) is 0 Å². The number of aliphatic hydroxyl groups excluding tert-OH is 1. The van der Waals surface area contributed by atoms with Gasteiger partial charge in [0.1, 0.15) is 0 Å². The smallest absolute Gasteiger partial charge is 0.191 e. The highest BCUT2D eigenvalue weighted by Crippen LogP contribution is 2.09. The molecule has 0 radical (unpaired) electrons. The van der Waals surface area contributed by atoms with Crippen molar-refractivity contribution in [3.8, 4) is 0 Å². The van der Waals surface area contributed by atoms with Crippen LogP contribution < -0.4 is 0 Å². The molecule has 1 N–H and O–H groups in total. The molecule has 0 saturated heterocycles. The highest BCUT2D eigenvalue weighted by Gasteiger charge is 2.06. The molecule has 0 bridgehead atoms. The zero-order chi connectivity index (χ0) is 9.40. The van der Waals surface area contributed by atoms with Gasteiger partial charge < -0.3 is 9.84 Å². The second-order valence-corrected chi connectivity index (χ2v) is 3.76. The van der Waals surface area contributed by atoms with Gasteiger partial charge in [-0.3, -0.25) is 4.79 Å². The first-order valence-corrected chi connectivity index (χ1v) is 5.02. The molecule has 0 amide bonds. The van der Waals surface area contributed by atoms with E-state index in [0.29, 0.717) is 19.0 Å². The van der Waals surface area contributed by atoms with E-state index in [-0.39, 0.29) is 17.6 Å². The predicted molar refractivity (Wildman–Crippen MR) is 50.2 cm³/mol. The van der Waals surface area contributed by atoms with E-state index in [4.69, 9.17) is 9.84 Å². The molecule has 0 aliphatic carbocycles. The van der Waals surface area contributed by atoms with Crippen molar-refractivity contribution in [2.45, 2.75) is 13.8 Å². The van der Waals surface area contributed by atoms with Gasteiger partial charge in [0.15, 0.2) is 5.12 Å². The van der Waals surface area contributed by atoms with Crippen molar-refractivity contribution < 1.29 is 14.6 Å². The summed E-state index contributed by atoms with van der Waals surface area (Å²) in [5.74, 6) is 0.768. The number of thioether (sulfide) groups is 1. The number of hydrogen-bond acceptors (Lipinski definition) is 4. The third kappa shape index (κ3) is 6.64. The lowest BCUT2D eigenvalue weighted by Gasteiger charge is -2.03. The zero-order valence-corrected chi connectivity index (χ0v) is 8.39. The molecule has 0 aromatic rings. The van der Waals surface area contributed by atoms with Crippen molar-refractivity contribution in [3.05, 3.63) is 0 Å². The Morgan fingerprint density at radius 2 is 2.17 bits per heavy atom. The third-order valence-corrected chi connectivity index (χ3v) is 2.31. The number of carbonyl (C=O) groups is 1. The maximum Gasteiger partial charge on any atom is 0.191 e. The minimum atomic E-state index is 0.0444. The quantitative estimate of drug-likeness (QED) is 0.635. The van der Waals surface area contributed by atoms with Gasteiger partial charge in [0.25, 0.3) is 0 Å². The van der Waals surface area contributed by atoms with E-state index in [1.54, 1.807) is 0 Å². The lowest BCUT2D eigenvalue weighted by Crippen LogP contribution is -2.07. The van der Waals surface area contributed by atoms with Gasteiger partial charge in [-0.15, -0.1) is 0 Å². The second-order valence-electron chi connectivity index (χ2n) is 2.66. The Balaban J connectivity index is 3.14. The van der Waals surface area contributed by atoms with Gasteiger partial charge in [-0.2, -0.15) is 0 Å². The molecule has 0 fully saturated rings. The van der Waals surface area contributed by atoms with Crippen LogP contribution in [0.1, 0.15) is 13.8 Å². The van der Waals surface area contributed by atoms with E-state index in [1.807, 2.05) is 13.8 Å². The van der Waals surface area contributed by atoms with Crippen LogP contribution in [0, 0.1) is 5.92 Å². The van der Waals surface area contributed by atoms with E-state index in [9.17, 15) is 4.79 Å². The van der Waals surface area contributed by atoms with Crippen molar-refractivity contribution in [3.63, 3.8) is 0 Å². The van der Waals surface area contributed by atoms with E-state index in [0.717, 1.165) is 0 Å². The minimum Gasteiger partial charge on any atom is -0.394 e. The lowest BCUT2D eigenvalue weighted by molar-refractivity contribution is -0.113. The molecule has 72 valence electrons. The fourth-order valence-corrected chi connectivity index (χ4v) is 1.27. The van der Waals surface area contributed by atoms with E-state index < -0.39 is 0 Å². The van der Waals surface area contributed by atoms with Gasteiger partial charge in [0, 0.05) is 11.7 Å². The molecular weight excluding hydrogens is 176 g/mol. The largest absolute Gasteiger partial charge is 0.394 e. The summed E-state index contributed by atoms with van der Waals surface area (Å²) in [6.07, 6.45) is 0. The van der Waals surface area contributed by atoms with Crippen molar-refractivity contribution >= 4 is 16.9 Å². The van der Waals surface area contributed by atoms with E-state index >= 15 is 0 Å². The number of hydrogen-bond donors (Lipinski definition) is 1. The molecule has 3 nitrogen and oxygen atoms in total. The number of carbonyl (C=O) groups excluding carboxylic acids is 1. The molecule has 0 rings (SSSR count). The van der Waals surface area contributed by atoms with Crippen molar-refractivity contribution in [2.75, 3.05) is 25.6 Å². The second kappa shape index (κ2) is 7.58. The number of aliphatic hydroxyl groups is 1. The van der Waals surface area contributed by atoms with Gasteiger partial charge >= 0.3 is 0 Å². The molecular formula is C8H16O3S. The monoisotopic (exact) mass is 192 g/mol. The van der Waals surface area contributed by atoms with Crippen molar-refractivity contribution in [2.24, 2.45) is 5.92 Å². The van der Waals surface area contributed by atoms with Crippen LogP contribution in [0.4, 0.5) is 0 Å². The highest BCUT2D eigenvalue weighted by molar-refractivity contribution is 8.13. The van der Waals surface area contributed by atoms with Crippen LogP contribution in [-0.4, -0.2) is 35.8 Å². The average molecular weight is 192 g/mol. The normalized spacial score (nSPS) is 10.7. The van der Waals surface area contributed by atoms with Crippen LogP contribution in [0.15, 0.2) is 0 Å². The fraction of sp³-hybridized carbons (Fsp3) is 0.875. The molecule has 0 atom stereocenters. The first kappa shape index (κ1) is 11.9. The lowest BCUT2D eigenvalue weighted by atomic mass is 10.3. The van der Waals surface area contributed by atoms with Crippen LogP contribution in [-0.2, 0) is 9.53 Å². The van der Waals surface area contributed by atoms with Gasteiger partial charge in [0.2, 0.25) is 0 Å². The summed E-state index contributed by atoms with van der Waals surface area (Å²) in [6.45, 7) is 4.69. The Labute approximate surface area is 77.5 Å². The van der Waals surface area contributed by atoms with Crippen LogP contribution in [0.5, 0.6) is 0 Å². The number of ether oxygens (including phenoxy) is 1. The molecule has 0 aromatic heterocycles. The van der Waals surface area contributed by atoms with Gasteiger partial charge in [-0.25, -0.2) is 0 Å². The maximum absolute atomic E-state index is 11.0. The summed E-state index contributed by atoms with van der Waals surface area (Å²) in [7, 11) is 0. The summed E-state index contributed by atoms with van der Waals surface area (Å²) in [5, 5.41) is 8.56. The molecule has 0 aliphatic heterocycles. The molecule has 0 aliphatic rings. The summed E-state index contributed by atoms with van der Waals surface area (Å²) >= 11 is 1.29. The van der Waals surface area contributed by atoms with Crippen LogP contribution in [0.25, 0.3) is 0 Å². The SMILES string of the molecule is CC(C)C(=O)SCCOCCO. The average Bonchev–Trinajstić information content (AvgIpc) is 2.03. The first-order valence-electron chi connectivity index (χ1n) is 4.03. The third-order valence-electron chi connectivity index (χ3n) is 1.18. The van der Waals surface area contributed by atoms with Gasteiger partial charge in [0.05, 0.1) is 19.8 Å². The Morgan fingerprint density at radius 1 is 1.50 bits per heavy atom. The van der Waals surface area contributed by atoms with Gasteiger partial charge in [-0.1, -0.05) is 25.6 Å². The molecule has 12 heavy (non-hydrogen) atoms. The van der Waals surface area contributed by atoms with Crippen molar-refractivity contribution in [1.82, 2.24) is 0 Å². The molecule has 0 aromatic carbocycles. The minimum absolute atomic E-state index is 0.0444. The standard InChI is InChI=1S/C8H16O3S/c1-7(2)8(10)12-6-5-11-4-3-9/h7,9H,3-6H2,1-2H3. The zero-order valence-electron chi connectivity index (χ0n) is 7.58. The highest BCUT2D eigenvalue weighted by atomic mass is 32.2. The predicted octanol–water partition coefficient (Wildman–Crippen LogP) is 0.911. The van der Waals surface area contributed by atoms with Gasteiger partial charge in [-0.05, 0) is 0 Å². The molecule has 0 unspecified atom stereocenters. The summed E-state index contributed by atoms with van der Waals surface area (Å²) in [6, 6.07) is 0. The Morgan fingerprint density at radius 3 is 2.67 bits per heavy atom. The Kier molecular flexibility index (Phi) is 7.54. The molecule has 0 saturated carbocycles. The summed E-state index contributed by atoms with van der Waals surface area (Å²) in [4.78, 5) is 11.0. The topological polar surface area (TPSA) is 46.5 Å². The summed E-state index contributed by atoms with van der Waals surface area (Å²) < 4.78 is 4.99. The fourth-order valence-electron chi connectivity index (χ4n) is 0.534. The summed E-state index contributed by atoms with van der Waals surface area (Å²) in [5.41, 5.74) is 0. The van der Waals surface area contributed by atoms with Crippen LogP contribution in [0.3, 0.4) is 0 Å². The van der Waals surface area contributed by atoms with E-state index in [2.05, 4.69) is 0 Å². The van der Waals surface area contributed by atoms with Crippen LogP contribution in [0.2, 0.25) is 0 Å². The first-order chi connectivity index (χ1) is 5.68.